The first kappa shape index (κ1) is 21.1. The second-order valence-corrected chi connectivity index (χ2v) is 7.12. The van der Waals surface area contributed by atoms with Gasteiger partial charge in [-0.15, -0.1) is 0 Å². The SMILES string of the molecule is CCOc1ccc2oc(C)c(C(=O)Oc3ccccc3C=CC(=O)c3ccccc3)c2c1. The highest BCUT2D eigenvalue weighted by molar-refractivity contribution is 6.07. The van der Waals surface area contributed by atoms with Crippen molar-refractivity contribution >= 4 is 28.8 Å². The number of aryl methyl sites for hydroxylation is 1. The zero-order valence-electron chi connectivity index (χ0n) is 17.8. The molecule has 0 amide bonds. The average Bonchev–Trinajstić information content (AvgIpc) is 3.14. The van der Waals surface area contributed by atoms with Crippen molar-refractivity contribution in [2.75, 3.05) is 6.61 Å². The number of esters is 1. The lowest BCUT2D eigenvalue weighted by molar-refractivity contribution is 0.0734. The first-order valence-electron chi connectivity index (χ1n) is 10.3. The number of allylic oxidation sites excluding steroid dienone is 1. The number of carbonyl (C=O) groups excluding carboxylic acids is 2. The summed E-state index contributed by atoms with van der Waals surface area (Å²) in [4.78, 5) is 25.5. The number of ketones is 1. The first-order chi connectivity index (χ1) is 15.6. The van der Waals surface area contributed by atoms with Gasteiger partial charge in [0.15, 0.2) is 5.78 Å². The molecule has 0 saturated carbocycles. The Kier molecular flexibility index (Phi) is 6.17. The highest BCUT2D eigenvalue weighted by Gasteiger charge is 2.21. The Hall–Kier alpha value is -4.12. The number of ether oxygens (including phenoxy) is 2. The van der Waals surface area contributed by atoms with E-state index >= 15 is 0 Å². The molecule has 0 spiro atoms. The number of para-hydroxylation sites is 1. The molecule has 0 bridgehead atoms. The maximum atomic E-state index is 13.1. The molecule has 0 aliphatic heterocycles. The lowest BCUT2D eigenvalue weighted by atomic mass is 10.1. The van der Waals surface area contributed by atoms with Crippen LogP contribution in [-0.2, 0) is 0 Å². The predicted octanol–water partition coefficient (Wildman–Crippen LogP) is 6.26. The second-order valence-electron chi connectivity index (χ2n) is 7.12. The molecule has 160 valence electrons. The summed E-state index contributed by atoms with van der Waals surface area (Å²) in [5, 5.41) is 0.630. The summed E-state index contributed by atoms with van der Waals surface area (Å²) in [7, 11) is 0. The molecule has 0 fully saturated rings. The highest BCUT2D eigenvalue weighted by Crippen LogP contribution is 2.31. The number of rotatable bonds is 7. The number of carbonyl (C=O) groups is 2. The minimum Gasteiger partial charge on any atom is -0.494 e. The molecular formula is C27H22O5. The number of furan rings is 1. The van der Waals surface area contributed by atoms with Crippen LogP contribution in [0.2, 0.25) is 0 Å². The highest BCUT2D eigenvalue weighted by atomic mass is 16.5. The topological polar surface area (TPSA) is 65.7 Å². The quantitative estimate of drug-likeness (QED) is 0.151. The van der Waals surface area contributed by atoms with E-state index < -0.39 is 5.97 Å². The van der Waals surface area contributed by atoms with Gasteiger partial charge in [-0.05, 0) is 50.3 Å². The van der Waals surface area contributed by atoms with Gasteiger partial charge in [-0.3, -0.25) is 4.79 Å². The Morgan fingerprint density at radius 1 is 0.969 bits per heavy atom. The van der Waals surface area contributed by atoms with E-state index in [9.17, 15) is 9.59 Å². The molecule has 0 radical (unpaired) electrons. The van der Waals surface area contributed by atoms with Crippen molar-refractivity contribution in [3.05, 3.63) is 101 Å². The van der Waals surface area contributed by atoms with Crippen LogP contribution in [0.5, 0.6) is 11.5 Å². The van der Waals surface area contributed by atoms with Crippen LogP contribution in [0.1, 0.15) is 39.0 Å². The molecule has 0 atom stereocenters. The molecule has 0 unspecified atom stereocenters. The molecule has 4 rings (SSSR count). The van der Waals surface area contributed by atoms with Gasteiger partial charge in [0.05, 0.1) is 6.61 Å². The summed E-state index contributed by atoms with van der Waals surface area (Å²) in [5.74, 6) is 0.796. The molecule has 5 heteroatoms. The van der Waals surface area contributed by atoms with Crippen molar-refractivity contribution in [3.8, 4) is 11.5 Å². The predicted molar refractivity (Wildman–Crippen MR) is 123 cm³/mol. The molecule has 0 aliphatic carbocycles. The van der Waals surface area contributed by atoms with E-state index in [0.717, 1.165) is 0 Å². The Labute approximate surface area is 185 Å². The fourth-order valence-corrected chi connectivity index (χ4v) is 3.44. The van der Waals surface area contributed by atoms with Crippen molar-refractivity contribution in [1.29, 1.82) is 0 Å². The summed E-state index contributed by atoms with van der Waals surface area (Å²) < 4.78 is 17.0. The zero-order valence-corrected chi connectivity index (χ0v) is 17.8. The van der Waals surface area contributed by atoms with Gasteiger partial charge < -0.3 is 13.9 Å². The summed E-state index contributed by atoms with van der Waals surface area (Å²) in [6.45, 7) is 4.14. The molecule has 3 aromatic carbocycles. The van der Waals surface area contributed by atoms with Gasteiger partial charge >= 0.3 is 5.97 Å². The van der Waals surface area contributed by atoms with E-state index in [1.54, 1.807) is 61.5 Å². The lowest BCUT2D eigenvalue weighted by Crippen LogP contribution is -2.10. The maximum absolute atomic E-state index is 13.1. The minimum absolute atomic E-state index is 0.133. The van der Waals surface area contributed by atoms with Gasteiger partial charge in [0.2, 0.25) is 0 Å². The van der Waals surface area contributed by atoms with Gasteiger partial charge in [-0.1, -0.05) is 48.5 Å². The second kappa shape index (κ2) is 9.35. The van der Waals surface area contributed by atoms with Crippen LogP contribution in [0.3, 0.4) is 0 Å². The van der Waals surface area contributed by atoms with Crippen LogP contribution in [0, 0.1) is 6.92 Å². The minimum atomic E-state index is -0.537. The van der Waals surface area contributed by atoms with Crippen LogP contribution in [-0.4, -0.2) is 18.4 Å². The number of hydrogen-bond donors (Lipinski definition) is 0. The van der Waals surface area contributed by atoms with Crippen LogP contribution >= 0.6 is 0 Å². The van der Waals surface area contributed by atoms with Gasteiger partial charge in [-0.25, -0.2) is 4.79 Å². The average molecular weight is 426 g/mol. The van der Waals surface area contributed by atoms with E-state index in [4.69, 9.17) is 13.9 Å². The Morgan fingerprint density at radius 3 is 2.50 bits per heavy atom. The van der Waals surface area contributed by atoms with Gasteiger partial charge in [-0.2, -0.15) is 0 Å². The smallest absolute Gasteiger partial charge is 0.347 e. The van der Waals surface area contributed by atoms with Crippen molar-refractivity contribution in [3.63, 3.8) is 0 Å². The van der Waals surface area contributed by atoms with Crippen LogP contribution < -0.4 is 9.47 Å². The third-order valence-electron chi connectivity index (χ3n) is 4.94. The van der Waals surface area contributed by atoms with E-state index in [1.165, 1.54) is 6.08 Å². The van der Waals surface area contributed by atoms with E-state index in [-0.39, 0.29) is 5.78 Å². The molecule has 32 heavy (non-hydrogen) atoms. The normalized spacial score (nSPS) is 11.1. The third-order valence-corrected chi connectivity index (χ3v) is 4.94. The van der Waals surface area contributed by atoms with Gasteiger partial charge in [0.25, 0.3) is 0 Å². The van der Waals surface area contributed by atoms with E-state index in [0.29, 0.717) is 51.5 Å². The summed E-state index contributed by atoms with van der Waals surface area (Å²) in [6.07, 6.45) is 3.11. The van der Waals surface area contributed by atoms with Crippen molar-refractivity contribution in [1.82, 2.24) is 0 Å². The molecular weight excluding hydrogens is 404 g/mol. The van der Waals surface area contributed by atoms with Crippen molar-refractivity contribution in [2.24, 2.45) is 0 Å². The largest absolute Gasteiger partial charge is 0.494 e. The Bertz CT molecular complexity index is 1300. The van der Waals surface area contributed by atoms with Gasteiger partial charge in [0, 0.05) is 16.5 Å². The first-order valence-corrected chi connectivity index (χ1v) is 10.3. The third kappa shape index (κ3) is 4.47. The van der Waals surface area contributed by atoms with E-state index in [2.05, 4.69) is 0 Å². The molecule has 0 aliphatic rings. The summed E-state index contributed by atoms with van der Waals surface area (Å²) in [5.41, 5.74) is 2.13. The Balaban J connectivity index is 1.61. The summed E-state index contributed by atoms with van der Waals surface area (Å²) >= 11 is 0. The number of benzene rings is 3. The number of fused-ring (bicyclic) bond motifs is 1. The van der Waals surface area contributed by atoms with Crippen molar-refractivity contribution in [2.45, 2.75) is 13.8 Å². The fourth-order valence-electron chi connectivity index (χ4n) is 3.44. The van der Waals surface area contributed by atoms with Crippen molar-refractivity contribution < 1.29 is 23.5 Å². The molecule has 4 aromatic rings. The lowest BCUT2D eigenvalue weighted by Gasteiger charge is -2.08. The van der Waals surface area contributed by atoms with Crippen LogP contribution in [0.4, 0.5) is 0 Å². The van der Waals surface area contributed by atoms with Crippen LogP contribution in [0.25, 0.3) is 17.0 Å². The van der Waals surface area contributed by atoms with Gasteiger partial charge in [0.1, 0.15) is 28.4 Å². The maximum Gasteiger partial charge on any atom is 0.347 e. The number of hydrogen-bond acceptors (Lipinski definition) is 5. The van der Waals surface area contributed by atoms with Crippen LogP contribution in [0.15, 0.2) is 83.3 Å². The Morgan fingerprint density at radius 2 is 1.72 bits per heavy atom. The summed E-state index contributed by atoms with van der Waals surface area (Å²) in [6, 6.07) is 21.4. The zero-order chi connectivity index (χ0) is 22.5. The molecule has 0 N–H and O–H groups in total. The molecule has 0 saturated heterocycles. The fraction of sp³-hybridized carbons (Fsp3) is 0.111. The monoisotopic (exact) mass is 426 g/mol. The van der Waals surface area contributed by atoms with E-state index in [1.807, 2.05) is 31.2 Å². The molecule has 1 heterocycles. The molecule has 5 nitrogen and oxygen atoms in total. The standard InChI is InChI=1S/C27H22O5/c1-3-30-21-14-16-25-22(17-21)26(18(2)31-25)27(29)32-24-12-8-7-11-20(24)13-15-23(28)19-9-5-4-6-10-19/h4-17H,3H2,1-2H3. The molecule has 1 aromatic heterocycles.